The predicted octanol–water partition coefficient (Wildman–Crippen LogP) is 1.74. The molecule has 26 heavy (non-hydrogen) atoms. The Kier molecular flexibility index (Phi) is 4.58. The number of amides is 2. The minimum Gasteiger partial charge on any atom is -0.457 e. The van der Waals surface area contributed by atoms with Crippen LogP contribution in [0.1, 0.15) is 10.4 Å². The molecule has 6 nitrogen and oxygen atoms in total. The highest BCUT2D eigenvalue weighted by atomic mass is 16.5. The third-order valence-electron chi connectivity index (χ3n) is 4.84. The van der Waals surface area contributed by atoms with E-state index in [4.69, 9.17) is 4.74 Å². The summed E-state index contributed by atoms with van der Waals surface area (Å²) >= 11 is 0. The van der Waals surface area contributed by atoms with Crippen molar-refractivity contribution in [3.63, 3.8) is 0 Å². The average molecular weight is 351 g/mol. The molecule has 0 spiro atoms. The number of piperazine rings is 2. The van der Waals surface area contributed by atoms with Crippen LogP contribution >= 0.6 is 0 Å². The second-order valence-electron chi connectivity index (χ2n) is 6.54. The fourth-order valence-electron chi connectivity index (χ4n) is 3.46. The van der Waals surface area contributed by atoms with Gasteiger partial charge in [-0.05, 0) is 30.3 Å². The van der Waals surface area contributed by atoms with Crippen LogP contribution in [-0.4, -0.2) is 60.4 Å². The summed E-state index contributed by atoms with van der Waals surface area (Å²) in [5.41, 5.74) is 0.572. The van der Waals surface area contributed by atoms with E-state index < -0.39 is 0 Å². The molecule has 2 aliphatic rings. The standard InChI is InChI=1S/C20H21N3O3/c24-19-18-14-23(12-11-22(18)10-9-21-19)20(25)15-5-4-8-17(13-15)26-16-6-2-1-3-7-16/h1-8,13,18H,9-12,14H2,(H,21,24). The third kappa shape index (κ3) is 3.41. The van der Waals surface area contributed by atoms with Gasteiger partial charge in [0.25, 0.3) is 5.91 Å². The summed E-state index contributed by atoms with van der Waals surface area (Å²) in [6.07, 6.45) is 0. The molecule has 0 radical (unpaired) electrons. The van der Waals surface area contributed by atoms with Gasteiger partial charge in [-0.1, -0.05) is 24.3 Å². The van der Waals surface area contributed by atoms with E-state index in [2.05, 4.69) is 10.2 Å². The summed E-state index contributed by atoms with van der Waals surface area (Å²) < 4.78 is 5.82. The highest BCUT2D eigenvalue weighted by Gasteiger charge is 2.36. The Morgan fingerprint density at radius 3 is 2.65 bits per heavy atom. The Labute approximate surface area is 152 Å². The molecule has 2 saturated heterocycles. The number of nitrogens with one attached hydrogen (secondary N) is 1. The molecule has 6 heteroatoms. The molecule has 1 unspecified atom stereocenters. The Hall–Kier alpha value is -2.86. The third-order valence-corrected chi connectivity index (χ3v) is 4.84. The number of ether oxygens (including phenoxy) is 1. The van der Waals surface area contributed by atoms with Gasteiger partial charge in [0.2, 0.25) is 5.91 Å². The number of carbonyl (C=O) groups excluding carboxylic acids is 2. The average Bonchev–Trinajstić information content (AvgIpc) is 2.68. The van der Waals surface area contributed by atoms with E-state index in [1.165, 1.54) is 0 Å². The van der Waals surface area contributed by atoms with Crippen molar-refractivity contribution in [3.8, 4) is 11.5 Å². The zero-order chi connectivity index (χ0) is 17.9. The van der Waals surface area contributed by atoms with Crippen molar-refractivity contribution in [3.05, 3.63) is 60.2 Å². The Balaban J connectivity index is 1.48. The molecular formula is C20H21N3O3. The van der Waals surface area contributed by atoms with E-state index in [-0.39, 0.29) is 17.9 Å². The maximum absolute atomic E-state index is 12.9. The lowest BCUT2D eigenvalue weighted by atomic mass is 10.1. The largest absolute Gasteiger partial charge is 0.457 e. The van der Waals surface area contributed by atoms with Gasteiger partial charge >= 0.3 is 0 Å². The highest BCUT2D eigenvalue weighted by Crippen LogP contribution is 2.23. The lowest BCUT2D eigenvalue weighted by Gasteiger charge is -2.43. The number of nitrogens with zero attached hydrogens (tertiary/aromatic N) is 2. The van der Waals surface area contributed by atoms with Gasteiger partial charge in [0.05, 0.1) is 0 Å². The molecule has 0 aliphatic carbocycles. The molecule has 4 rings (SSSR count). The summed E-state index contributed by atoms with van der Waals surface area (Å²) in [5, 5.41) is 2.88. The van der Waals surface area contributed by atoms with E-state index in [9.17, 15) is 9.59 Å². The highest BCUT2D eigenvalue weighted by molar-refractivity contribution is 5.95. The summed E-state index contributed by atoms with van der Waals surface area (Å²) in [6.45, 7) is 3.31. The summed E-state index contributed by atoms with van der Waals surface area (Å²) in [5.74, 6) is 1.29. The first-order chi connectivity index (χ1) is 12.7. The molecule has 1 atom stereocenters. The number of hydrogen-bond donors (Lipinski definition) is 1. The van der Waals surface area contributed by atoms with Gasteiger partial charge in [0.1, 0.15) is 17.5 Å². The first-order valence-corrected chi connectivity index (χ1v) is 8.85. The van der Waals surface area contributed by atoms with Crippen LogP contribution in [0.2, 0.25) is 0 Å². The van der Waals surface area contributed by atoms with Crippen LogP contribution < -0.4 is 10.1 Å². The predicted molar refractivity (Wildman–Crippen MR) is 97.2 cm³/mol. The van der Waals surface area contributed by atoms with Crippen LogP contribution in [0.4, 0.5) is 0 Å². The number of rotatable bonds is 3. The van der Waals surface area contributed by atoms with E-state index in [0.29, 0.717) is 30.9 Å². The van der Waals surface area contributed by atoms with Gasteiger partial charge in [-0.25, -0.2) is 0 Å². The molecule has 0 bridgehead atoms. The van der Waals surface area contributed by atoms with Gasteiger partial charge in [0, 0.05) is 38.3 Å². The topological polar surface area (TPSA) is 61.9 Å². The molecule has 2 fully saturated rings. The molecule has 2 amide bonds. The number of carbonyl (C=O) groups is 2. The molecule has 2 aromatic rings. The van der Waals surface area contributed by atoms with Crippen molar-refractivity contribution in [2.45, 2.75) is 6.04 Å². The normalized spacial score (nSPS) is 20.2. The molecule has 2 heterocycles. The van der Waals surface area contributed by atoms with Crippen molar-refractivity contribution in [1.29, 1.82) is 0 Å². The molecule has 0 aromatic heterocycles. The number of para-hydroxylation sites is 1. The van der Waals surface area contributed by atoms with E-state index in [1.54, 1.807) is 17.0 Å². The zero-order valence-corrected chi connectivity index (χ0v) is 14.4. The van der Waals surface area contributed by atoms with Crippen LogP contribution in [0.15, 0.2) is 54.6 Å². The van der Waals surface area contributed by atoms with E-state index in [1.807, 2.05) is 42.5 Å². The quantitative estimate of drug-likeness (QED) is 0.915. The number of hydrogen-bond acceptors (Lipinski definition) is 4. The number of benzene rings is 2. The summed E-state index contributed by atoms with van der Waals surface area (Å²) in [6, 6.07) is 16.4. The van der Waals surface area contributed by atoms with Crippen molar-refractivity contribution < 1.29 is 14.3 Å². The molecule has 1 N–H and O–H groups in total. The zero-order valence-electron chi connectivity index (χ0n) is 14.4. The summed E-state index contributed by atoms with van der Waals surface area (Å²) in [4.78, 5) is 28.9. The molecule has 2 aliphatic heterocycles. The van der Waals surface area contributed by atoms with Crippen molar-refractivity contribution >= 4 is 11.8 Å². The van der Waals surface area contributed by atoms with E-state index in [0.717, 1.165) is 18.8 Å². The van der Waals surface area contributed by atoms with Gasteiger partial charge < -0.3 is 15.0 Å². The smallest absolute Gasteiger partial charge is 0.254 e. The van der Waals surface area contributed by atoms with Crippen LogP contribution in [0.3, 0.4) is 0 Å². The lowest BCUT2D eigenvalue weighted by molar-refractivity contribution is -0.131. The first-order valence-electron chi connectivity index (χ1n) is 8.85. The fraction of sp³-hybridized carbons (Fsp3) is 0.300. The van der Waals surface area contributed by atoms with Gasteiger partial charge in [-0.2, -0.15) is 0 Å². The minimum atomic E-state index is -0.245. The van der Waals surface area contributed by atoms with Crippen LogP contribution in [0.25, 0.3) is 0 Å². The number of fused-ring (bicyclic) bond motifs is 1. The fourth-order valence-corrected chi connectivity index (χ4v) is 3.46. The molecule has 2 aromatic carbocycles. The second kappa shape index (κ2) is 7.17. The minimum absolute atomic E-state index is 0.00918. The monoisotopic (exact) mass is 351 g/mol. The Morgan fingerprint density at radius 2 is 1.81 bits per heavy atom. The lowest BCUT2D eigenvalue weighted by Crippen LogP contribution is -2.64. The Bertz CT molecular complexity index is 809. The van der Waals surface area contributed by atoms with Crippen molar-refractivity contribution in [1.82, 2.24) is 15.1 Å². The first kappa shape index (κ1) is 16.6. The summed E-state index contributed by atoms with van der Waals surface area (Å²) in [7, 11) is 0. The van der Waals surface area contributed by atoms with Crippen molar-refractivity contribution in [2.75, 3.05) is 32.7 Å². The van der Waals surface area contributed by atoms with E-state index >= 15 is 0 Å². The van der Waals surface area contributed by atoms with Gasteiger partial charge in [0.15, 0.2) is 0 Å². The van der Waals surface area contributed by atoms with Crippen molar-refractivity contribution in [2.24, 2.45) is 0 Å². The maximum Gasteiger partial charge on any atom is 0.254 e. The van der Waals surface area contributed by atoms with Gasteiger partial charge in [-0.3, -0.25) is 14.5 Å². The SMILES string of the molecule is O=C1NCCN2CCN(C(=O)c3cccc(Oc4ccccc4)c3)CC12. The molecule has 134 valence electrons. The second-order valence-corrected chi connectivity index (χ2v) is 6.54. The Morgan fingerprint density at radius 1 is 1.00 bits per heavy atom. The van der Waals surface area contributed by atoms with Crippen LogP contribution in [-0.2, 0) is 4.79 Å². The van der Waals surface area contributed by atoms with Crippen LogP contribution in [0.5, 0.6) is 11.5 Å². The molecular weight excluding hydrogens is 330 g/mol. The molecule has 0 saturated carbocycles. The maximum atomic E-state index is 12.9. The van der Waals surface area contributed by atoms with Crippen LogP contribution in [0, 0.1) is 0 Å². The van der Waals surface area contributed by atoms with Gasteiger partial charge in [-0.15, -0.1) is 0 Å².